The van der Waals surface area contributed by atoms with Gasteiger partial charge in [-0.2, -0.15) is 0 Å². The smallest absolute Gasteiger partial charge is 0.128 e. The zero-order chi connectivity index (χ0) is 13.1. The lowest BCUT2D eigenvalue weighted by Crippen LogP contribution is -2.41. The molecule has 4 heteroatoms. The van der Waals surface area contributed by atoms with E-state index in [1.54, 1.807) is 6.07 Å². The van der Waals surface area contributed by atoms with Crippen LogP contribution < -0.4 is 5.32 Å². The quantitative estimate of drug-likeness (QED) is 0.920. The van der Waals surface area contributed by atoms with Gasteiger partial charge in [-0.05, 0) is 58.1 Å². The first kappa shape index (κ1) is 14.0. The first-order valence-corrected chi connectivity index (χ1v) is 7.25. The summed E-state index contributed by atoms with van der Waals surface area (Å²) >= 11 is 3.40. The maximum absolute atomic E-state index is 13.8. The molecule has 1 fully saturated rings. The fourth-order valence-corrected chi connectivity index (χ4v) is 2.84. The molecule has 1 aromatic rings. The van der Waals surface area contributed by atoms with Crippen LogP contribution in [0.5, 0.6) is 0 Å². The van der Waals surface area contributed by atoms with Gasteiger partial charge in [-0.1, -0.05) is 15.9 Å². The molecule has 18 heavy (non-hydrogen) atoms. The van der Waals surface area contributed by atoms with Gasteiger partial charge in [0.25, 0.3) is 0 Å². The summed E-state index contributed by atoms with van der Waals surface area (Å²) < 4.78 is 14.7. The minimum atomic E-state index is -0.133. The van der Waals surface area contributed by atoms with Crippen LogP contribution in [0.25, 0.3) is 0 Å². The number of benzene rings is 1. The lowest BCUT2D eigenvalue weighted by atomic mass is 10.0. The first-order valence-electron chi connectivity index (χ1n) is 6.46. The summed E-state index contributed by atoms with van der Waals surface area (Å²) in [7, 11) is 2.15. The molecule has 0 bridgehead atoms. The highest BCUT2D eigenvalue weighted by atomic mass is 79.9. The van der Waals surface area contributed by atoms with Crippen molar-refractivity contribution in [3.8, 4) is 0 Å². The highest BCUT2D eigenvalue weighted by Gasteiger charge is 2.20. The molecule has 100 valence electrons. The topological polar surface area (TPSA) is 15.3 Å². The average Bonchev–Trinajstić information content (AvgIpc) is 2.35. The zero-order valence-electron chi connectivity index (χ0n) is 10.9. The van der Waals surface area contributed by atoms with Gasteiger partial charge in [0.1, 0.15) is 5.82 Å². The van der Waals surface area contributed by atoms with Gasteiger partial charge in [0.15, 0.2) is 0 Å². The van der Waals surface area contributed by atoms with E-state index in [0.29, 0.717) is 6.04 Å². The summed E-state index contributed by atoms with van der Waals surface area (Å²) in [6, 6.07) is 5.67. The van der Waals surface area contributed by atoms with Gasteiger partial charge < -0.3 is 10.2 Å². The number of hydrogen-bond donors (Lipinski definition) is 1. The SMILES string of the molecule is C[C@@H](NC1CCN(C)CC1)c1cc(Br)ccc1F. The van der Waals surface area contributed by atoms with E-state index in [-0.39, 0.29) is 11.9 Å². The maximum Gasteiger partial charge on any atom is 0.128 e. The minimum Gasteiger partial charge on any atom is -0.307 e. The van der Waals surface area contributed by atoms with Gasteiger partial charge in [-0.25, -0.2) is 4.39 Å². The minimum absolute atomic E-state index is 0.0518. The third-order valence-electron chi connectivity index (χ3n) is 3.63. The van der Waals surface area contributed by atoms with Crippen molar-refractivity contribution in [3.63, 3.8) is 0 Å². The molecule has 1 saturated heterocycles. The Morgan fingerprint density at radius 1 is 1.39 bits per heavy atom. The Balaban J connectivity index is 1.98. The predicted octanol–water partition coefficient (Wildman–Crippen LogP) is 3.33. The monoisotopic (exact) mass is 314 g/mol. The predicted molar refractivity (Wildman–Crippen MR) is 76.2 cm³/mol. The number of nitrogens with one attached hydrogen (secondary N) is 1. The van der Waals surface area contributed by atoms with Crippen molar-refractivity contribution >= 4 is 15.9 Å². The second-order valence-electron chi connectivity index (χ2n) is 5.13. The van der Waals surface area contributed by atoms with E-state index in [4.69, 9.17) is 0 Å². The van der Waals surface area contributed by atoms with E-state index >= 15 is 0 Å². The molecule has 0 saturated carbocycles. The molecule has 1 aliphatic heterocycles. The highest BCUT2D eigenvalue weighted by molar-refractivity contribution is 9.10. The van der Waals surface area contributed by atoms with Crippen molar-refractivity contribution in [1.82, 2.24) is 10.2 Å². The molecular formula is C14H20BrFN2. The van der Waals surface area contributed by atoms with Crippen LogP contribution in [0.4, 0.5) is 4.39 Å². The summed E-state index contributed by atoms with van der Waals surface area (Å²) in [4.78, 5) is 2.34. The van der Waals surface area contributed by atoms with E-state index in [0.717, 1.165) is 36.0 Å². The van der Waals surface area contributed by atoms with Crippen LogP contribution in [0.3, 0.4) is 0 Å². The normalized spacial score (nSPS) is 20.0. The lowest BCUT2D eigenvalue weighted by molar-refractivity contribution is 0.226. The molecule has 2 rings (SSSR count). The van der Waals surface area contributed by atoms with Crippen LogP contribution in [0.2, 0.25) is 0 Å². The number of hydrogen-bond acceptors (Lipinski definition) is 2. The molecule has 0 amide bonds. The Morgan fingerprint density at radius 2 is 2.06 bits per heavy atom. The van der Waals surface area contributed by atoms with Crippen LogP contribution >= 0.6 is 15.9 Å². The van der Waals surface area contributed by atoms with Gasteiger partial charge in [0, 0.05) is 22.1 Å². The van der Waals surface area contributed by atoms with Gasteiger partial charge in [0.2, 0.25) is 0 Å². The zero-order valence-corrected chi connectivity index (χ0v) is 12.5. The van der Waals surface area contributed by atoms with Crippen molar-refractivity contribution in [2.45, 2.75) is 31.8 Å². The second-order valence-corrected chi connectivity index (χ2v) is 6.05. The summed E-state index contributed by atoms with van der Waals surface area (Å²) in [6.45, 7) is 4.26. The Morgan fingerprint density at radius 3 is 2.72 bits per heavy atom. The van der Waals surface area contributed by atoms with Gasteiger partial charge in [0.05, 0.1) is 0 Å². The van der Waals surface area contributed by atoms with E-state index in [9.17, 15) is 4.39 Å². The molecule has 1 aliphatic rings. The molecule has 1 atom stereocenters. The molecule has 1 aromatic carbocycles. The van der Waals surface area contributed by atoms with Crippen molar-refractivity contribution < 1.29 is 4.39 Å². The number of rotatable bonds is 3. The Labute approximate surface area is 117 Å². The van der Waals surface area contributed by atoms with Crippen LogP contribution in [0.1, 0.15) is 31.4 Å². The van der Waals surface area contributed by atoms with Crippen LogP contribution in [-0.2, 0) is 0 Å². The highest BCUT2D eigenvalue weighted by Crippen LogP contribution is 2.23. The molecule has 0 radical (unpaired) electrons. The van der Waals surface area contributed by atoms with E-state index < -0.39 is 0 Å². The average molecular weight is 315 g/mol. The fraction of sp³-hybridized carbons (Fsp3) is 0.571. The van der Waals surface area contributed by atoms with Crippen molar-refractivity contribution in [1.29, 1.82) is 0 Å². The molecule has 1 N–H and O–H groups in total. The number of halogens is 2. The molecular weight excluding hydrogens is 295 g/mol. The molecule has 0 aromatic heterocycles. The van der Waals surface area contributed by atoms with Crippen LogP contribution in [0, 0.1) is 5.82 Å². The Kier molecular flexibility index (Phi) is 4.76. The van der Waals surface area contributed by atoms with E-state index in [2.05, 4.69) is 33.2 Å². The lowest BCUT2D eigenvalue weighted by Gasteiger charge is -2.31. The van der Waals surface area contributed by atoms with Crippen molar-refractivity contribution in [2.24, 2.45) is 0 Å². The number of likely N-dealkylation sites (tertiary alicyclic amines) is 1. The summed E-state index contributed by atoms with van der Waals surface area (Å²) in [5.41, 5.74) is 0.739. The third-order valence-corrected chi connectivity index (χ3v) is 4.12. The first-order chi connectivity index (χ1) is 8.56. The van der Waals surface area contributed by atoms with Crippen molar-refractivity contribution in [2.75, 3.05) is 20.1 Å². The van der Waals surface area contributed by atoms with Crippen LogP contribution in [0.15, 0.2) is 22.7 Å². The molecule has 0 aliphatic carbocycles. The fourth-order valence-electron chi connectivity index (χ4n) is 2.47. The van der Waals surface area contributed by atoms with E-state index in [1.165, 1.54) is 6.07 Å². The summed E-state index contributed by atoms with van der Waals surface area (Å²) in [6.07, 6.45) is 2.27. The molecule has 1 heterocycles. The Hall–Kier alpha value is -0.450. The largest absolute Gasteiger partial charge is 0.307 e. The Bertz CT molecular complexity index is 403. The van der Waals surface area contributed by atoms with Crippen molar-refractivity contribution in [3.05, 3.63) is 34.1 Å². The summed E-state index contributed by atoms with van der Waals surface area (Å²) in [5, 5.41) is 3.54. The summed E-state index contributed by atoms with van der Waals surface area (Å²) in [5.74, 6) is -0.133. The second kappa shape index (κ2) is 6.13. The third kappa shape index (κ3) is 3.53. The van der Waals surface area contributed by atoms with Gasteiger partial charge in [-0.15, -0.1) is 0 Å². The van der Waals surface area contributed by atoms with Gasteiger partial charge in [-0.3, -0.25) is 0 Å². The standard InChI is InChI=1S/C14H20BrFN2/c1-10(13-9-11(15)3-4-14(13)16)17-12-5-7-18(2)8-6-12/h3-4,9-10,12,17H,5-8H2,1-2H3/t10-/m1/s1. The van der Waals surface area contributed by atoms with E-state index in [1.807, 2.05) is 13.0 Å². The number of piperidine rings is 1. The number of nitrogens with zero attached hydrogens (tertiary/aromatic N) is 1. The van der Waals surface area contributed by atoms with Crippen LogP contribution in [-0.4, -0.2) is 31.1 Å². The van der Waals surface area contributed by atoms with Gasteiger partial charge >= 0.3 is 0 Å². The molecule has 2 nitrogen and oxygen atoms in total. The maximum atomic E-state index is 13.8. The molecule has 0 unspecified atom stereocenters. The molecule has 0 spiro atoms.